The van der Waals surface area contributed by atoms with E-state index < -0.39 is 0 Å². The van der Waals surface area contributed by atoms with Crippen LogP contribution in [-0.2, 0) is 0 Å². The van der Waals surface area contributed by atoms with Gasteiger partial charge in [0.15, 0.2) is 0 Å². The van der Waals surface area contributed by atoms with E-state index in [-0.39, 0.29) is 0 Å². The van der Waals surface area contributed by atoms with E-state index in [4.69, 9.17) is 4.98 Å². The summed E-state index contributed by atoms with van der Waals surface area (Å²) in [5.41, 5.74) is 4.68. The molecule has 9 rings (SSSR count). The van der Waals surface area contributed by atoms with Gasteiger partial charge in [-0.2, -0.15) is 0 Å². The van der Waals surface area contributed by atoms with E-state index in [1.54, 1.807) is 0 Å². The number of benzene rings is 7. The number of rotatable bonds is 2. The van der Waals surface area contributed by atoms with Crippen molar-refractivity contribution >= 4 is 74.6 Å². The van der Waals surface area contributed by atoms with Gasteiger partial charge in [0.05, 0.1) is 5.69 Å². The molecule has 0 unspecified atom stereocenters. The van der Waals surface area contributed by atoms with Gasteiger partial charge in [-0.15, -0.1) is 11.3 Å². The van der Waals surface area contributed by atoms with Crippen LogP contribution in [0.5, 0.6) is 0 Å². The van der Waals surface area contributed by atoms with Crippen LogP contribution in [0.25, 0.3) is 85.6 Å². The quantitative estimate of drug-likeness (QED) is 0.210. The summed E-state index contributed by atoms with van der Waals surface area (Å²) >= 11 is 1.89. The van der Waals surface area contributed by atoms with Crippen molar-refractivity contribution in [1.29, 1.82) is 0 Å². The fourth-order valence-electron chi connectivity index (χ4n) is 6.33. The predicted molar refractivity (Wildman–Crippen MR) is 169 cm³/mol. The third-order valence-electron chi connectivity index (χ3n) is 8.24. The first-order chi connectivity index (χ1) is 19.3. The molecule has 0 aliphatic rings. The summed E-state index contributed by atoms with van der Waals surface area (Å²) in [6.07, 6.45) is 2.00. The number of aromatic nitrogens is 1. The van der Waals surface area contributed by atoms with Crippen LogP contribution in [-0.4, -0.2) is 4.98 Å². The van der Waals surface area contributed by atoms with Crippen LogP contribution in [0.3, 0.4) is 0 Å². The Balaban J connectivity index is 1.22. The fraction of sp³-hybridized carbons (Fsp3) is 0. The molecule has 39 heavy (non-hydrogen) atoms. The minimum absolute atomic E-state index is 1.00. The van der Waals surface area contributed by atoms with E-state index in [0.29, 0.717) is 0 Å². The van der Waals surface area contributed by atoms with Crippen LogP contribution in [0.2, 0.25) is 0 Å². The number of fused-ring (bicyclic) bond motifs is 4. The molecule has 0 bridgehead atoms. The molecular formula is C37H21NS. The van der Waals surface area contributed by atoms with Gasteiger partial charge in [-0.1, -0.05) is 91.0 Å². The first-order valence-corrected chi connectivity index (χ1v) is 14.1. The Bertz CT molecular complexity index is 2390. The lowest BCUT2D eigenvalue weighted by atomic mass is 9.93. The van der Waals surface area contributed by atoms with Crippen LogP contribution in [0.1, 0.15) is 0 Å². The second kappa shape index (κ2) is 7.86. The maximum absolute atomic E-state index is 4.85. The maximum atomic E-state index is 4.85. The van der Waals surface area contributed by atoms with E-state index in [9.17, 15) is 0 Å². The molecule has 1 nitrogen and oxygen atoms in total. The molecule has 2 heteroatoms. The highest BCUT2D eigenvalue weighted by molar-refractivity contribution is 7.26. The summed E-state index contributed by atoms with van der Waals surface area (Å²) in [6.45, 7) is 0. The van der Waals surface area contributed by atoms with Crippen molar-refractivity contribution in [3.63, 3.8) is 0 Å². The van der Waals surface area contributed by atoms with E-state index in [1.807, 2.05) is 17.5 Å². The van der Waals surface area contributed by atoms with Crippen molar-refractivity contribution in [3.05, 3.63) is 128 Å². The Morgan fingerprint density at radius 3 is 2.18 bits per heavy atom. The number of nitrogens with zero attached hydrogens (tertiary/aromatic N) is 1. The summed E-state index contributed by atoms with van der Waals surface area (Å²) in [6, 6.07) is 44.5. The fourth-order valence-corrected chi connectivity index (χ4v) is 7.48. The van der Waals surface area contributed by atoms with Crippen LogP contribution < -0.4 is 0 Å². The summed E-state index contributed by atoms with van der Waals surface area (Å²) in [5, 5.41) is 12.8. The van der Waals surface area contributed by atoms with E-state index in [1.165, 1.54) is 74.4 Å². The minimum atomic E-state index is 1.00. The Labute approximate surface area is 228 Å². The molecule has 0 saturated carbocycles. The monoisotopic (exact) mass is 511 g/mol. The lowest BCUT2D eigenvalue weighted by Crippen LogP contribution is -1.87. The standard InChI is InChI=1S/C37H21NS/c1-2-6-29-23(4-1)10-13-27-21-38-33(20-32(27)29)26-12-9-22-8-11-25(18-28(22)19-26)30-16-17-35-37-31(30)15-14-24-5-3-7-34(39-35)36(24)37/h1-21H. The van der Waals surface area contributed by atoms with Crippen molar-refractivity contribution < 1.29 is 0 Å². The zero-order valence-corrected chi connectivity index (χ0v) is 21.8. The zero-order chi connectivity index (χ0) is 25.5. The topological polar surface area (TPSA) is 12.9 Å². The number of thiophene rings is 1. The molecule has 9 aromatic rings. The van der Waals surface area contributed by atoms with Crippen molar-refractivity contribution in [3.8, 4) is 22.4 Å². The molecule has 0 fully saturated rings. The third-order valence-corrected chi connectivity index (χ3v) is 9.36. The predicted octanol–water partition coefficient (Wildman–Crippen LogP) is 10.8. The molecule has 180 valence electrons. The van der Waals surface area contributed by atoms with Gasteiger partial charge in [0.1, 0.15) is 0 Å². The lowest BCUT2D eigenvalue weighted by Gasteiger charge is -2.11. The van der Waals surface area contributed by atoms with Gasteiger partial charge >= 0.3 is 0 Å². The molecule has 0 aliphatic carbocycles. The number of hydrogen-bond acceptors (Lipinski definition) is 2. The summed E-state index contributed by atoms with van der Waals surface area (Å²) < 4.78 is 2.72. The van der Waals surface area contributed by atoms with Crippen molar-refractivity contribution in [2.24, 2.45) is 0 Å². The first-order valence-electron chi connectivity index (χ1n) is 13.3. The Morgan fingerprint density at radius 1 is 0.436 bits per heavy atom. The van der Waals surface area contributed by atoms with Crippen LogP contribution >= 0.6 is 11.3 Å². The van der Waals surface area contributed by atoms with Crippen molar-refractivity contribution in [2.45, 2.75) is 0 Å². The number of pyridine rings is 1. The lowest BCUT2D eigenvalue weighted by molar-refractivity contribution is 1.36. The van der Waals surface area contributed by atoms with Gasteiger partial charge in [-0.3, -0.25) is 4.98 Å². The van der Waals surface area contributed by atoms with E-state index in [0.717, 1.165) is 11.3 Å². The molecule has 0 aliphatic heterocycles. The van der Waals surface area contributed by atoms with E-state index in [2.05, 4.69) is 121 Å². The molecule has 0 N–H and O–H groups in total. The zero-order valence-electron chi connectivity index (χ0n) is 21.0. The highest BCUT2D eigenvalue weighted by Gasteiger charge is 2.15. The molecule has 2 heterocycles. The van der Waals surface area contributed by atoms with Gasteiger partial charge in [-0.25, -0.2) is 0 Å². The van der Waals surface area contributed by atoms with E-state index >= 15 is 0 Å². The molecule has 0 radical (unpaired) electrons. The highest BCUT2D eigenvalue weighted by Crippen LogP contribution is 2.44. The second-order valence-electron chi connectivity index (χ2n) is 10.4. The average molecular weight is 512 g/mol. The summed E-state index contributed by atoms with van der Waals surface area (Å²) in [5.74, 6) is 0. The average Bonchev–Trinajstić information content (AvgIpc) is 3.39. The Kier molecular flexibility index (Phi) is 4.27. The smallest absolute Gasteiger partial charge is 0.0708 e. The van der Waals surface area contributed by atoms with Gasteiger partial charge in [0.25, 0.3) is 0 Å². The maximum Gasteiger partial charge on any atom is 0.0708 e. The molecule has 0 spiro atoms. The van der Waals surface area contributed by atoms with Gasteiger partial charge < -0.3 is 0 Å². The molecular weight excluding hydrogens is 490 g/mol. The molecule has 7 aromatic carbocycles. The SMILES string of the molecule is c1ccc2c(c1)ccc1cnc(-c3ccc4ccc(-c5ccc6sc7cccc8ccc5c6c87)cc4c3)cc12. The van der Waals surface area contributed by atoms with Crippen molar-refractivity contribution in [1.82, 2.24) is 4.98 Å². The second-order valence-corrected chi connectivity index (χ2v) is 11.5. The normalized spacial score (nSPS) is 12.1. The van der Waals surface area contributed by atoms with Gasteiger partial charge in [0.2, 0.25) is 0 Å². The van der Waals surface area contributed by atoms with Crippen LogP contribution in [0.15, 0.2) is 128 Å². The molecule has 0 saturated heterocycles. The highest BCUT2D eigenvalue weighted by atomic mass is 32.1. The minimum Gasteiger partial charge on any atom is -0.256 e. The van der Waals surface area contributed by atoms with Gasteiger partial charge in [0, 0.05) is 37.3 Å². The number of hydrogen-bond donors (Lipinski definition) is 0. The Hall–Kier alpha value is -4.79. The molecule has 2 aromatic heterocycles. The third kappa shape index (κ3) is 3.10. The summed E-state index contributed by atoms with van der Waals surface area (Å²) in [7, 11) is 0. The van der Waals surface area contributed by atoms with Crippen molar-refractivity contribution in [2.75, 3.05) is 0 Å². The Morgan fingerprint density at radius 2 is 1.21 bits per heavy atom. The van der Waals surface area contributed by atoms with Crippen LogP contribution in [0.4, 0.5) is 0 Å². The van der Waals surface area contributed by atoms with Crippen LogP contribution in [0, 0.1) is 0 Å². The van der Waals surface area contributed by atoms with Gasteiger partial charge in [-0.05, 0) is 79.2 Å². The molecule has 0 amide bonds. The summed E-state index contributed by atoms with van der Waals surface area (Å²) in [4.78, 5) is 4.85. The first kappa shape index (κ1) is 21.2. The largest absolute Gasteiger partial charge is 0.256 e. The molecule has 0 atom stereocenters.